The number of nitrogens with one attached hydrogen (secondary N) is 1. The van der Waals surface area contributed by atoms with E-state index in [9.17, 15) is 14.4 Å². The molecule has 2 saturated carbocycles. The molecule has 3 aliphatic rings. The summed E-state index contributed by atoms with van der Waals surface area (Å²) in [6.45, 7) is 16.6. The summed E-state index contributed by atoms with van der Waals surface area (Å²) >= 11 is 12.7. The molecule has 1 saturated heterocycles. The second kappa shape index (κ2) is 14.0. The van der Waals surface area contributed by atoms with Gasteiger partial charge in [-0.15, -0.1) is 6.58 Å². The van der Waals surface area contributed by atoms with Gasteiger partial charge < -0.3 is 24.4 Å². The molecule has 262 valence electrons. The Hall–Kier alpha value is -3.11. The van der Waals surface area contributed by atoms with Crippen molar-refractivity contribution in [1.29, 1.82) is 0 Å². The van der Waals surface area contributed by atoms with E-state index in [0.29, 0.717) is 33.8 Å². The van der Waals surface area contributed by atoms with E-state index in [1.54, 1.807) is 39.0 Å². The molecule has 0 unspecified atom stereocenters. The summed E-state index contributed by atoms with van der Waals surface area (Å²) in [7, 11) is 0. The Balaban J connectivity index is 1.37. The fourth-order valence-electron chi connectivity index (χ4n) is 7.20. The average Bonchev–Trinajstić information content (AvgIpc) is 3.54. The van der Waals surface area contributed by atoms with Gasteiger partial charge in [0, 0.05) is 10.9 Å². The maximum atomic E-state index is 14.5. The molecule has 0 bridgehead atoms. The standard InChI is InChI=1S/C36H48Cl2N4O6/c1-9-10-11-12-22-23-15-20(23)16-26(22)47-34(45)41-29(35(3,4)5)32(43)42-18-27(19(2)28(42)33(44)48-36(6,7)8)46-31-30(38)39-24-14-13-21(37)17-25(24)40-31/h9,13-14,17,19-20,22-23,26-29H,1,10-12,15-16,18H2,2-8H3,(H,41,45)/t19-,20+,22-,23+,26-,27+,28+,29-/m1/s1. The van der Waals surface area contributed by atoms with Crippen LogP contribution in [0.25, 0.3) is 11.0 Å². The van der Waals surface area contributed by atoms with Crippen LogP contribution in [0.4, 0.5) is 4.79 Å². The van der Waals surface area contributed by atoms with Crippen molar-refractivity contribution in [3.63, 3.8) is 0 Å². The van der Waals surface area contributed by atoms with Crippen molar-refractivity contribution in [1.82, 2.24) is 20.2 Å². The lowest BCUT2D eigenvalue weighted by molar-refractivity contribution is -0.165. The molecule has 10 nitrogen and oxygen atoms in total. The van der Waals surface area contributed by atoms with Gasteiger partial charge in [0.25, 0.3) is 5.88 Å². The molecule has 1 aliphatic heterocycles. The van der Waals surface area contributed by atoms with Crippen LogP contribution >= 0.6 is 23.2 Å². The summed E-state index contributed by atoms with van der Waals surface area (Å²) in [5.74, 6) is 0.0550. The lowest BCUT2D eigenvalue weighted by Gasteiger charge is -2.36. The quantitative estimate of drug-likeness (QED) is 0.155. The molecule has 2 aliphatic carbocycles. The van der Waals surface area contributed by atoms with Crippen molar-refractivity contribution in [2.75, 3.05) is 6.54 Å². The minimum absolute atomic E-state index is 0.0240. The van der Waals surface area contributed by atoms with Gasteiger partial charge in [-0.1, -0.05) is 57.0 Å². The summed E-state index contributed by atoms with van der Waals surface area (Å²) in [5, 5.41) is 3.40. The van der Waals surface area contributed by atoms with Crippen molar-refractivity contribution in [3.05, 3.63) is 41.0 Å². The van der Waals surface area contributed by atoms with Gasteiger partial charge in [-0.05, 0) is 94.2 Å². The molecule has 0 radical (unpaired) electrons. The summed E-state index contributed by atoms with van der Waals surface area (Å²) in [6, 6.07) is 3.06. The second-order valence-electron chi connectivity index (χ2n) is 15.6. The molecule has 48 heavy (non-hydrogen) atoms. The number of aromatic nitrogens is 2. The summed E-state index contributed by atoms with van der Waals surface area (Å²) in [5.41, 5.74) is -0.484. The number of alkyl carbamates (subject to hydrolysis) is 1. The number of esters is 1. The van der Waals surface area contributed by atoms with Crippen LogP contribution in [0.2, 0.25) is 10.2 Å². The minimum atomic E-state index is -0.998. The largest absolute Gasteiger partial charge is 0.470 e. The highest BCUT2D eigenvalue weighted by atomic mass is 35.5. The zero-order valence-electron chi connectivity index (χ0n) is 28.9. The first-order chi connectivity index (χ1) is 22.5. The molecule has 2 aromatic rings. The number of halogens is 2. The molecule has 1 N–H and O–H groups in total. The van der Waals surface area contributed by atoms with Gasteiger partial charge in [0.05, 0.1) is 17.6 Å². The first kappa shape index (κ1) is 36.2. The number of benzene rings is 1. The maximum Gasteiger partial charge on any atom is 0.408 e. The number of unbranched alkanes of at least 4 members (excludes halogenated alkanes) is 1. The van der Waals surface area contributed by atoms with Gasteiger partial charge in [-0.2, -0.15) is 0 Å². The van der Waals surface area contributed by atoms with Crippen molar-refractivity contribution in [2.45, 2.75) is 110 Å². The number of hydrogen-bond acceptors (Lipinski definition) is 8. The summed E-state index contributed by atoms with van der Waals surface area (Å²) < 4.78 is 18.1. The minimum Gasteiger partial charge on any atom is -0.470 e. The molecular weight excluding hydrogens is 655 g/mol. The molecule has 8 atom stereocenters. The van der Waals surface area contributed by atoms with Crippen LogP contribution in [0.3, 0.4) is 0 Å². The highest BCUT2D eigenvalue weighted by molar-refractivity contribution is 6.32. The van der Waals surface area contributed by atoms with Crippen molar-refractivity contribution in [3.8, 4) is 5.88 Å². The zero-order chi connectivity index (χ0) is 35.1. The van der Waals surface area contributed by atoms with Gasteiger partial charge in [0.2, 0.25) is 5.91 Å². The Bertz CT molecular complexity index is 1560. The van der Waals surface area contributed by atoms with Gasteiger partial charge >= 0.3 is 12.1 Å². The van der Waals surface area contributed by atoms with Crippen LogP contribution in [-0.2, 0) is 19.1 Å². The number of likely N-dealkylation sites (tertiary alicyclic amines) is 1. The van der Waals surface area contributed by atoms with Crippen LogP contribution in [0.5, 0.6) is 5.88 Å². The number of amides is 2. The van der Waals surface area contributed by atoms with Crippen LogP contribution in [0, 0.1) is 29.1 Å². The lowest BCUT2D eigenvalue weighted by atomic mass is 9.85. The molecule has 3 fully saturated rings. The number of ether oxygens (including phenoxy) is 3. The fourth-order valence-corrected chi connectivity index (χ4v) is 7.54. The van der Waals surface area contributed by atoms with Gasteiger partial charge in [-0.25, -0.2) is 19.6 Å². The fraction of sp³-hybridized carbons (Fsp3) is 0.639. The number of rotatable bonds is 10. The molecular formula is C36H48Cl2N4O6. The van der Waals surface area contributed by atoms with E-state index in [-0.39, 0.29) is 23.7 Å². The molecule has 1 aromatic carbocycles. The van der Waals surface area contributed by atoms with E-state index < -0.39 is 53.1 Å². The van der Waals surface area contributed by atoms with E-state index in [0.717, 1.165) is 25.7 Å². The predicted molar refractivity (Wildman–Crippen MR) is 185 cm³/mol. The Kier molecular flexibility index (Phi) is 10.6. The van der Waals surface area contributed by atoms with E-state index in [1.807, 2.05) is 33.8 Å². The van der Waals surface area contributed by atoms with Gasteiger partial charge in [-0.3, -0.25) is 4.79 Å². The van der Waals surface area contributed by atoms with Crippen LogP contribution in [0.15, 0.2) is 30.9 Å². The average molecular weight is 704 g/mol. The molecule has 12 heteroatoms. The first-order valence-corrected chi connectivity index (χ1v) is 17.6. The molecule has 1 aromatic heterocycles. The van der Waals surface area contributed by atoms with E-state index in [4.69, 9.17) is 37.4 Å². The Morgan fingerprint density at radius 2 is 1.81 bits per heavy atom. The van der Waals surface area contributed by atoms with Crippen LogP contribution < -0.4 is 10.1 Å². The van der Waals surface area contributed by atoms with E-state index in [1.165, 1.54) is 11.3 Å². The van der Waals surface area contributed by atoms with Crippen LogP contribution in [-0.4, -0.2) is 69.3 Å². The highest BCUT2D eigenvalue weighted by Gasteiger charge is 2.55. The normalized spacial score (nSPS) is 27.3. The number of nitrogens with zero attached hydrogens (tertiary/aromatic N) is 3. The van der Waals surface area contributed by atoms with Gasteiger partial charge in [0.15, 0.2) is 5.15 Å². The second-order valence-corrected chi connectivity index (χ2v) is 16.4. The zero-order valence-corrected chi connectivity index (χ0v) is 30.4. The van der Waals surface area contributed by atoms with Crippen molar-refractivity contribution < 1.29 is 28.6 Å². The Morgan fingerprint density at radius 1 is 1.08 bits per heavy atom. The Morgan fingerprint density at radius 3 is 2.48 bits per heavy atom. The first-order valence-electron chi connectivity index (χ1n) is 16.9. The Labute approximate surface area is 293 Å². The smallest absolute Gasteiger partial charge is 0.408 e. The summed E-state index contributed by atoms with van der Waals surface area (Å²) in [6.07, 6.45) is 5.37. The number of carbonyl (C=O) groups is 3. The third-order valence-electron chi connectivity index (χ3n) is 9.66. The summed E-state index contributed by atoms with van der Waals surface area (Å²) in [4.78, 5) is 52.0. The molecule has 5 rings (SSSR count). The number of carbonyl (C=O) groups excluding carboxylic acids is 3. The van der Waals surface area contributed by atoms with E-state index >= 15 is 0 Å². The number of fused-ring (bicyclic) bond motifs is 2. The maximum absolute atomic E-state index is 14.5. The molecule has 2 amide bonds. The van der Waals surface area contributed by atoms with E-state index in [2.05, 4.69) is 21.9 Å². The van der Waals surface area contributed by atoms with Crippen LogP contribution in [0.1, 0.15) is 80.6 Å². The lowest BCUT2D eigenvalue weighted by Crippen LogP contribution is -2.58. The predicted octanol–water partition coefficient (Wildman–Crippen LogP) is 7.39. The number of hydrogen-bond donors (Lipinski definition) is 1. The van der Waals surface area contributed by atoms with Crippen molar-refractivity contribution in [2.24, 2.45) is 29.1 Å². The number of allylic oxidation sites excluding steroid dienone is 1. The SMILES string of the molecule is C=CCCC[C@@H]1[C@H]2C[C@H]2C[C@H]1OC(=O)N[C@H](C(=O)N1C[C@H](Oc2nc3cc(Cl)ccc3nc2Cl)[C@@H](C)[C@H]1C(=O)OC(C)(C)C)C(C)(C)C. The molecule has 2 heterocycles. The monoisotopic (exact) mass is 702 g/mol. The third kappa shape index (κ3) is 8.19. The topological polar surface area (TPSA) is 120 Å². The highest BCUT2D eigenvalue weighted by Crippen LogP contribution is 2.57. The van der Waals surface area contributed by atoms with Gasteiger partial charge in [0.1, 0.15) is 29.9 Å². The third-order valence-corrected chi connectivity index (χ3v) is 10.1. The molecule has 0 spiro atoms. The van der Waals surface area contributed by atoms with Crippen molar-refractivity contribution >= 4 is 52.2 Å².